The fourth-order valence-electron chi connectivity index (χ4n) is 2.40. The number of nitrogens with zero attached hydrogens (tertiary/aromatic N) is 4. The average molecular weight is 287 g/mol. The predicted octanol–water partition coefficient (Wildman–Crippen LogP) is 2.54. The molecular weight excluding hydrogens is 262 g/mol. The van der Waals surface area contributed by atoms with Crippen LogP contribution in [0.3, 0.4) is 0 Å². The lowest BCUT2D eigenvalue weighted by molar-refractivity contribution is 0.482. The van der Waals surface area contributed by atoms with Crippen molar-refractivity contribution < 1.29 is 0 Å². The van der Waals surface area contributed by atoms with Crippen LogP contribution in [0.4, 0.5) is 0 Å². The standard InChI is InChI=1S/C16H25N5/c1-4-8-17-15(16-18-9-7-10-19-16)12-14-11-13(5-2)20-21(14)6-3/h7,9-11,15,17H,4-6,8,12H2,1-3H3. The molecule has 0 spiro atoms. The van der Waals surface area contributed by atoms with Crippen molar-refractivity contribution in [3.05, 3.63) is 41.7 Å². The molecule has 1 atom stereocenters. The van der Waals surface area contributed by atoms with Crippen LogP contribution < -0.4 is 5.32 Å². The fraction of sp³-hybridized carbons (Fsp3) is 0.562. The highest BCUT2D eigenvalue weighted by atomic mass is 15.3. The van der Waals surface area contributed by atoms with E-state index in [9.17, 15) is 0 Å². The summed E-state index contributed by atoms with van der Waals surface area (Å²) in [5.74, 6) is 0.854. The van der Waals surface area contributed by atoms with E-state index in [1.54, 1.807) is 12.4 Å². The summed E-state index contributed by atoms with van der Waals surface area (Å²) in [5, 5.41) is 8.17. The second kappa shape index (κ2) is 7.88. The molecule has 2 rings (SSSR count). The molecule has 0 saturated carbocycles. The van der Waals surface area contributed by atoms with Gasteiger partial charge >= 0.3 is 0 Å². The van der Waals surface area contributed by atoms with Crippen molar-refractivity contribution >= 4 is 0 Å². The summed E-state index contributed by atoms with van der Waals surface area (Å²) in [6.45, 7) is 8.29. The molecule has 114 valence electrons. The molecule has 2 aromatic heterocycles. The molecule has 1 unspecified atom stereocenters. The summed E-state index contributed by atoms with van der Waals surface area (Å²) in [6.07, 6.45) is 6.53. The zero-order valence-electron chi connectivity index (χ0n) is 13.2. The molecule has 0 saturated heterocycles. The second-order valence-electron chi connectivity index (χ2n) is 5.11. The van der Waals surface area contributed by atoms with Crippen molar-refractivity contribution in [2.75, 3.05) is 6.54 Å². The Morgan fingerprint density at radius 3 is 2.57 bits per heavy atom. The van der Waals surface area contributed by atoms with E-state index >= 15 is 0 Å². The van der Waals surface area contributed by atoms with Crippen molar-refractivity contribution in [2.45, 2.75) is 52.6 Å². The molecule has 2 heterocycles. The second-order valence-corrected chi connectivity index (χ2v) is 5.11. The highest BCUT2D eigenvalue weighted by Gasteiger charge is 2.17. The third-order valence-corrected chi connectivity index (χ3v) is 3.53. The third kappa shape index (κ3) is 4.11. The number of nitrogens with one attached hydrogen (secondary N) is 1. The van der Waals surface area contributed by atoms with Crippen molar-refractivity contribution in [3.8, 4) is 0 Å². The number of hydrogen-bond acceptors (Lipinski definition) is 4. The first-order chi connectivity index (χ1) is 10.3. The summed E-state index contributed by atoms with van der Waals surface area (Å²) >= 11 is 0. The molecule has 0 amide bonds. The number of aryl methyl sites for hydroxylation is 2. The molecule has 5 nitrogen and oxygen atoms in total. The van der Waals surface area contributed by atoms with Crippen LogP contribution in [0.2, 0.25) is 0 Å². The van der Waals surface area contributed by atoms with Gasteiger partial charge in [-0.2, -0.15) is 5.10 Å². The topological polar surface area (TPSA) is 55.6 Å². The summed E-state index contributed by atoms with van der Waals surface area (Å²) in [6, 6.07) is 4.19. The Balaban J connectivity index is 2.20. The van der Waals surface area contributed by atoms with Gasteiger partial charge in [-0.3, -0.25) is 4.68 Å². The first-order valence-electron chi connectivity index (χ1n) is 7.84. The largest absolute Gasteiger partial charge is 0.307 e. The normalized spacial score (nSPS) is 12.5. The molecule has 0 bridgehead atoms. The fourth-order valence-corrected chi connectivity index (χ4v) is 2.40. The van der Waals surface area contributed by atoms with Gasteiger partial charge in [0.05, 0.1) is 11.7 Å². The Hall–Kier alpha value is -1.75. The van der Waals surface area contributed by atoms with Crippen molar-refractivity contribution in [1.29, 1.82) is 0 Å². The quantitative estimate of drug-likeness (QED) is 0.810. The van der Waals surface area contributed by atoms with Crippen LogP contribution in [0, 0.1) is 0 Å². The lowest BCUT2D eigenvalue weighted by Gasteiger charge is -2.17. The minimum atomic E-state index is 0.137. The molecule has 0 aliphatic rings. The minimum Gasteiger partial charge on any atom is -0.307 e. The maximum Gasteiger partial charge on any atom is 0.145 e. The Morgan fingerprint density at radius 1 is 1.19 bits per heavy atom. The maximum atomic E-state index is 4.62. The van der Waals surface area contributed by atoms with E-state index in [2.05, 4.69) is 51.9 Å². The van der Waals surface area contributed by atoms with E-state index in [1.807, 2.05) is 6.07 Å². The highest BCUT2D eigenvalue weighted by Crippen LogP contribution is 2.16. The SMILES string of the molecule is CCCNC(Cc1cc(CC)nn1CC)c1ncccn1. The number of rotatable bonds is 8. The number of hydrogen-bond donors (Lipinski definition) is 1. The summed E-state index contributed by atoms with van der Waals surface area (Å²) < 4.78 is 2.09. The maximum absolute atomic E-state index is 4.62. The first-order valence-corrected chi connectivity index (χ1v) is 7.84. The van der Waals surface area contributed by atoms with E-state index in [4.69, 9.17) is 0 Å². The van der Waals surface area contributed by atoms with Gasteiger partial charge in [0.25, 0.3) is 0 Å². The lowest BCUT2D eigenvalue weighted by atomic mass is 10.1. The van der Waals surface area contributed by atoms with Gasteiger partial charge in [0.2, 0.25) is 0 Å². The van der Waals surface area contributed by atoms with Gasteiger partial charge in [-0.1, -0.05) is 13.8 Å². The average Bonchev–Trinajstić information content (AvgIpc) is 2.94. The van der Waals surface area contributed by atoms with E-state index in [-0.39, 0.29) is 6.04 Å². The van der Waals surface area contributed by atoms with Crippen LogP contribution in [0.5, 0.6) is 0 Å². The molecule has 0 fully saturated rings. The molecular formula is C16H25N5. The van der Waals surface area contributed by atoms with E-state index in [0.717, 1.165) is 43.9 Å². The van der Waals surface area contributed by atoms with Crippen LogP contribution >= 0.6 is 0 Å². The molecule has 0 aliphatic carbocycles. The Labute approximate surface area is 126 Å². The van der Waals surface area contributed by atoms with Gasteiger partial charge in [-0.15, -0.1) is 0 Å². The monoisotopic (exact) mass is 287 g/mol. The lowest BCUT2D eigenvalue weighted by Crippen LogP contribution is -2.26. The summed E-state index contributed by atoms with van der Waals surface area (Å²) in [5.41, 5.74) is 2.39. The summed E-state index contributed by atoms with van der Waals surface area (Å²) in [4.78, 5) is 8.81. The zero-order valence-corrected chi connectivity index (χ0v) is 13.2. The van der Waals surface area contributed by atoms with Crippen LogP contribution in [0.1, 0.15) is 50.4 Å². The van der Waals surface area contributed by atoms with Gasteiger partial charge < -0.3 is 5.32 Å². The van der Waals surface area contributed by atoms with Crippen molar-refractivity contribution in [3.63, 3.8) is 0 Å². The van der Waals surface area contributed by atoms with Crippen LogP contribution in [-0.2, 0) is 19.4 Å². The van der Waals surface area contributed by atoms with Gasteiger partial charge in [0.1, 0.15) is 5.82 Å². The molecule has 1 N–H and O–H groups in total. The highest BCUT2D eigenvalue weighted by molar-refractivity contribution is 5.14. The third-order valence-electron chi connectivity index (χ3n) is 3.53. The molecule has 21 heavy (non-hydrogen) atoms. The Kier molecular flexibility index (Phi) is 5.87. The molecule has 0 aliphatic heterocycles. The van der Waals surface area contributed by atoms with E-state index < -0.39 is 0 Å². The Morgan fingerprint density at radius 2 is 1.95 bits per heavy atom. The van der Waals surface area contributed by atoms with Crippen LogP contribution in [0.15, 0.2) is 24.5 Å². The molecule has 0 aromatic carbocycles. The molecule has 0 radical (unpaired) electrons. The minimum absolute atomic E-state index is 0.137. The molecule has 5 heteroatoms. The molecule has 2 aromatic rings. The van der Waals surface area contributed by atoms with Gasteiger partial charge in [0, 0.05) is 31.1 Å². The predicted molar refractivity (Wildman–Crippen MR) is 84.0 cm³/mol. The van der Waals surface area contributed by atoms with Gasteiger partial charge in [0.15, 0.2) is 0 Å². The summed E-state index contributed by atoms with van der Waals surface area (Å²) in [7, 11) is 0. The van der Waals surface area contributed by atoms with Crippen molar-refractivity contribution in [1.82, 2.24) is 25.1 Å². The van der Waals surface area contributed by atoms with Crippen LogP contribution in [0.25, 0.3) is 0 Å². The van der Waals surface area contributed by atoms with Gasteiger partial charge in [-0.05, 0) is 38.4 Å². The van der Waals surface area contributed by atoms with Crippen molar-refractivity contribution in [2.24, 2.45) is 0 Å². The van der Waals surface area contributed by atoms with E-state index in [1.165, 1.54) is 5.69 Å². The Bertz CT molecular complexity index is 535. The van der Waals surface area contributed by atoms with Gasteiger partial charge in [-0.25, -0.2) is 9.97 Å². The van der Waals surface area contributed by atoms with E-state index in [0.29, 0.717) is 0 Å². The van der Waals surface area contributed by atoms with Crippen LogP contribution in [-0.4, -0.2) is 26.3 Å². The smallest absolute Gasteiger partial charge is 0.145 e. The number of aromatic nitrogens is 4. The zero-order chi connectivity index (χ0) is 15.1. The first kappa shape index (κ1) is 15.6.